The van der Waals surface area contributed by atoms with Gasteiger partial charge in [0.15, 0.2) is 11.5 Å². The molecule has 1 amide bonds. The number of amides is 1. The Morgan fingerprint density at radius 3 is 2.62 bits per heavy atom. The van der Waals surface area contributed by atoms with Gasteiger partial charge >= 0.3 is 6.09 Å². The van der Waals surface area contributed by atoms with Crippen LogP contribution < -0.4 is 10.9 Å². The molecule has 0 radical (unpaired) electrons. The molecular formula is C31H34N8O3. The smallest absolute Gasteiger partial charge is 0.410 e. The van der Waals surface area contributed by atoms with Crippen LogP contribution >= 0.6 is 0 Å². The molecule has 1 aliphatic heterocycles. The first kappa shape index (κ1) is 27.4. The molecule has 3 aromatic heterocycles. The molecule has 1 N–H and O–H groups in total. The zero-order valence-corrected chi connectivity index (χ0v) is 24.5. The summed E-state index contributed by atoms with van der Waals surface area (Å²) in [7, 11) is 0. The summed E-state index contributed by atoms with van der Waals surface area (Å²) >= 11 is 0. The zero-order chi connectivity index (χ0) is 29.8. The molecular weight excluding hydrogens is 532 g/mol. The minimum Gasteiger partial charge on any atom is -0.444 e. The third kappa shape index (κ3) is 4.98. The number of hydrogen-bond donors (Lipinski definition) is 1. The van der Waals surface area contributed by atoms with Crippen molar-refractivity contribution in [3.8, 4) is 11.9 Å². The minimum absolute atomic E-state index is 0.166. The number of nitriles is 1. The van der Waals surface area contributed by atoms with Crippen molar-refractivity contribution in [1.82, 2.24) is 29.2 Å². The highest BCUT2D eigenvalue weighted by Gasteiger charge is 2.46. The molecule has 1 saturated carbocycles. The number of hydrogen-bond acceptors (Lipinski definition) is 8. The van der Waals surface area contributed by atoms with Crippen LogP contribution in [0.3, 0.4) is 0 Å². The Hall–Kier alpha value is -4.72. The Bertz CT molecular complexity index is 1800. The summed E-state index contributed by atoms with van der Waals surface area (Å²) in [6, 6.07) is 13.8. The number of rotatable bonds is 5. The van der Waals surface area contributed by atoms with Gasteiger partial charge in [-0.3, -0.25) is 4.79 Å². The van der Waals surface area contributed by atoms with Gasteiger partial charge in [-0.15, -0.1) is 0 Å². The largest absolute Gasteiger partial charge is 0.444 e. The highest BCUT2D eigenvalue weighted by atomic mass is 16.6. The Kier molecular flexibility index (Phi) is 6.52. The second-order valence-corrected chi connectivity index (χ2v) is 12.3. The van der Waals surface area contributed by atoms with Crippen molar-refractivity contribution in [2.75, 3.05) is 11.9 Å². The van der Waals surface area contributed by atoms with Gasteiger partial charge < -0.3 is 15.0 Å². The molecule has 0 saturated heterocycles. The molecule has 1 fully saturated rings. The van der Waals surface area contributed by atoms with Crippen LogP contribution in [-0.4, -0.2) is 47.5 Å². The summed E-state index contributed by atoms with van der Waals surface area (Å²) < 4.78 is 8.89. The molecule has 6 rings (SSSR count). The van der Waals surface area contributed by atoms with E-state index in [1.807, 2.05) is 71.0 Å². The maximum absolute atomic E-state index is 13.4. The third-order valence-electron chi connectivity index (χ3n) is 7.64. The van der Waals surface area contributed by atoms with Gasteiger partial charge in [0.2, 0.25) is 5.95 Å². The number of ether oxygens (including phenoxy) is 1. The summed E-state index contributed by atoms with van der Waals surface area (Å²) in [5, 5.41) is 13.4. The Morgan fingerprint density at radius 1 is 1.14 bits per heavy atom. The fourth-order valence-corrected chi connectivity index (χ4v) is 5.35. The molecule has 4 aromatic rings. The van der Waals surface area contributed by atoms with E-state index in [9.17, 15) is 14.9 Å². The third-order valence-corrected chi connectivity index (χ3v) is 7.64. The summed E-state index contributed by atoms with van der Waals surface area (Å²) in [5.41, 5.74) is 2.85. The number of nitrogens with zero attached hydrogens (tertiary/aromatic N) is 7. The average molecular weight is 567 g/mol. The van der Waals surface area contributed by atoms with Gasteiger partial charge in [0.05, 0.1) is 17.2 Å². The fourth-order valence-electron chi connectivity index (χ4n) is 5.35. The summed E-state index contributed by atoms with van der Waals surface area (Å²) in [6.45, 7) is 10.5. The van der Waals surface area contributed by atoms with E-state index < -0.39 is 11.0 Å². The summed E-state index contributed by atoms with van der Waals surface area (Å²) in [4.78, 5) is 41.7. The number of aromatic nitrogens is 5. The number of benzene rings is 1. The first-order valence-corrected chi connectivity index (χ1v) is 14.2. The lowest BCUT2D eigenvalue weighted by Gasteiger charge is -2.31. The summed E-state index contributed by atoms with van der Waals surface area (Å²) in [6.07, 6.45) is 3.49. The van der Waals surface area contributed by atoms with Crippen LogP contribution in [0.25, 0.3) is 16.9 Å². The van der Waals surface area contributed by atoms with Gasteiger partial charge in [-0.1, -0.05) is 12.1 Å². The van der Waals surface area contributed by atoms with Crippen molar-refractivity contribution in [3.05, 3.63) is 69.8 Å². The maximum atomic E-state index is 13.4. The lowest BCUT2D eigenvalue weighted by atomic mass is 9.99. The van der Waals surface area contributed by atoms with Gasteiger partial charge in [0, 0.05) is 31.0 Å². The molecule has 216 valence electrons. The quantitative estimate of drug-likeness (QED) is 0.351. The first-order chi connectivity index (χ1) is 20.0. The topological polar surface area (TPSA) is 131 Å². The second-order valence-electron chi connectivity index (χ2n) is 12.3. The molecule has 42 heavy (non-hydrogen) atoms. The average Bonchev–Trinajstić information content (AvgIpc) is 3.70. The van der Waals surface area contributed by atoms with Crippen molar-refractivity contribution >= 4 is 28.8 Å². The Balaban J connectivity index is 1.32. The SMILES string of the molecule is CC(C)n1c(=O)c2cnc(Nc3ccc4c(c3)CCN(C(=O)OC(C)(C)C)C4)nc2n1-c1cccc(C2(C#N)CC2)n1. The van der Waals surface area contributed by atoms with Gasteiger partial charge in [-0.05, 0) is 89.3 Å². The molecule has 0 unspecified atom stereocenters. The predicted octanol–water partition coefficient (Wildman–Crippen LogP) is 5.15. The van der Waals surface area contributed by atoms with Crippen molar-refractivity contribution < 1.29 is 9.53 Å². The normalized spacial score (nSPS) is 15.8. The Labute approximate surface area is 243 Å². The number of pyridine rings is 1. The Morgan fingerprint density at radius 2 is 1.93 bits per heavy atom. The van der Waals surface area contributed by atoms with Crippen molar-refractivity contribution in [2.45, 2.75) is 77.5 Å². The molecule has 11 nitrogen and oxygen atoms in total. The molecule has 0 spiro atoms. The molecule has 4 heterocycles. The van der Waals surface area contributed by atoms with Gasteiger partial charge in [0.1, 0.15) is 11.0 Å². The lowest BCUT2D eigenvalue weighted by Crippen LogP contribution is -2.39. The molecule has 1 aliphatic carbocycles. The monoisotopic (exact) mass is 566 g/mol. The van der Waals surface area contributed by atoms with Gasteiger partial charge in [-0.2, -0.15) is 10.2 Å². The molecule has 2 aliphatic rings. The van der Waals surface area contributed by atoms with E-state index in [4.69, 9.17) is 14.7 Å². The fraction of sp³-hybridized carbons (Fsp3) is 0.419. The molecule has 0 atom stereocenters. The van der Waals surface area contributed by atoms with Crippen molar-refractivity contribution in [2.24, 2.45) is 0 Å². The molecule has 0 bridgehead atoms. The first-order valence-electron chi connectivity index (χ1n) is 14.2. The highest BCUT2D eigenvalue weighted by molar-refractivity contribution is 5.77. The van der Waals surface area contributed by atoms with Crippen LogP contribution in [0.2, 0.25) is 0 Å². The number of anilines is 2. The predicted molar refractivity (Wildman–Crippen MR) is 158 cm³/mol. The van der Waals surface area contributed by atoms with Crippen LogP contribution in [0.4, 0.5) is 16.4 Å². The molecule has 11 heteroatoms. The van der Waals surface area contributed by atoms with Crippen LogP contribution in [-0.2, 0) is 23.1 Å². The van der Waals surface area contributed by atoms with E-state index in [0.29, 0.717) is 48.0 Å². The second kappa shape index (κ2) is 9.98. The number of carbonyl (C=O) groups is 1. The van der Waals surface area contributed by atoms with E-state index in [2.05, 4.69) is 16.4 Å². The number of nitrogens with one attached hydrogen (secondary N) is 1. The van der Waals surface area contributed by atoms with Crippen molar-refractivity contribution in [3.63, 3.8) is 0 Å². The highest BCUT2D eigenvalue weighted by Crippen LogP contribution is 2.46. The minimum atomic E-state index is -0.556. The zero-order valence-electron chi connectivity index (χ0n) is 24.5. The standard InChI is InChI=1S/C31H34N8O3/c1-19(2)38-27(40)23-16-33-28(36-26(23)39(38)25-8-6-7-24(35-25)31(18-32)12-13-31)34-22-10-9-21-17-37(14-11-20(21)15-22)29(41)42-30(3,4)5/h6-10,15-16,19H,11-14,17H2,1-5H3,(H,33,34,36). The summed E-state index contributed by atoms with van der Waals surface area (Å²) in [5.74, 6) is 0.873. The number of carbonyl (C=O) groups excluding carboxylic acids is 1. The van der Waals surface area contributed by atoms with E-state index in [0.717, 1.165) is 29.7 Å². The van der Waals surface area contributed by atoms with Gasteiger partial charge in [-0.25, -0.2) is 24.1 Å². The van der Waals surface area contributed by atoms with Crippen LogP contribution in [0, 0.1) is 11.3 Å². The maximum Gasteiger partial charge on any atom is 0.410 e. The lowest BCUT2D eigenvalue weighted by molar-refractivity contribution is 0.0224. The number of fused-ring (bicyclic) bond motifs is 2. The van der Waals surface area contributed by atoms with Gasteiger partial charge in [0.25, 0.3) is 5.56 Å². The van der Waals surface area contributed by atoms with E-state index in [1.165, 1.54) is 0 Å². The van der Waals surface area contributed by atoms with Crippen LogP contribution in [0.5, 0.6) is 0 Å². The van der Waals surface area contributed by atoms with E-state index in [1.54, 1.807) is 20.5 Å². The van der Waals surface area contributed by atoms with Crippen LogP contribution in [0.1, 0.15) is 70.3 Å². The molecule has 1 aromatic carbocycles. The van der Waals surface area contributed by atoms with E-state index >= 15 is 0 Å². The van der Waals surface area contributed by atoms with Crippen molar-refractivity contribution in [1.29, 1.82) is 5.26 Å². The van der Waals surface area contributed by atoms with E-state index in [-0.39, 0.29) is 17.7 Å². The van der Waals surface area contributed by atoms with Crippen LogP contribution in [0.15, 0.2) is 47.4 Å².